The zero-order valence-corrected chi connectivity index (χ0v) is 24.4. The van der Waals surface area contributed by atoms with Crippen LogP contribution in [0, 0.1) is 6.92 Å². The second-order valence-electron chi connectivity index (χ2n) is 10.7. The number of benzene rings is 2. The number of aliphatic hydroxyl groups excluding tert-OH is 1. The molecule has 2 aromatic carbocycles. The van der Waals surface area contributed by atoms with Crippen molar-refractivity contribution >= 4 is 11.8 Å². The van der Waals surface area contributed by atoms with Gasteiger partial charge in [0.05, 0.1) is 18.7 Å². The van der Waals surface area contributed by atoms with Gasteiger partial charge >= 0.3 is 0 Å². The number of pyridine rings is 1. The molecule has 10 heteroatoms. The van der Waals surface area contributed by atoms with Crippen LogP contribution in [0.3, 0.4) is 0 Å². The lowest BCUT2D eigenvalue weighted by molar-refractivity contribution is 0.0772. The van der Waals surface area contributed by atoms with Crippen molar-refractivity contribution < 1.29 is 19.1 Å². The predicted octanol–water partition coefficient (Wildman–Crippen LogP) is 3.66. The van der Waals surface area contributed by atoms with E-state index in [0.717, 1.165) is 16.7 Å². The van der Waals surface area contributed by atoms with Crippen molar-refractivity contribution in [2.24, 2.45) is 0 Å². The molecule has 42 heavy (non-hydrogen) atoms. The molecule has 0 fully saturated rings. The van der Waals surface area contributed by atoms with Crippen LogP contribution in [0.25, 0.3) is 0 Å². The molecule has 4 rings (SSSR count). The first-order valence-corrected chi connectivity index (χ1v) is 14.0. The smallest absolute Gasteiger partial charge is 0.254 e. The topological polar surface area (TPSA) is 133 Å². The van der Waals surface area contributed by atoms with Gasteiger partial charge in [-0.2, -0.15) is 0 Å². The van der Waals surface area contributed by atoms with Crippen LogP contribution < -0.4 is 10.6 Å². The van der Waals surface area contributed by atoms with E-state index < -0.39 is 12.1 Å². The van der Waals surface area contributed by atoms with Gasteiger partial charge in [-0.05, 0) is 47.2 Å². The van der Waals surface area contributed by atoms with Crippen molar-refractivity contribution in [3.8, 4) is 0 Å². The van der Waals surface area contributed by atoms with Gasteiger partial charge in [-0.25, -0.2) is 0 Å². The van der Waals surface area contributed by atoms with E-state index in [1.807, 2.05) is 42.7 Å². The van der Waals surface area contributed by atoms with Gasteiger partial charge in [-0.15, -0.1) is 10.2 Å². The van der Waals surface area contributed by atoms with Crippen molar-refractivity contribution in [1.82, 2.24) is 30.7 Å². The van der Waals surface area contributed by atoms with Crippen LogP contribution in [0.1, 0.15) is 69.0 Å². The Hall–Kier alpha value is -4.41. The second-order valence-corrected chi connectivity index (χ2v) is 10.7. The van der Waals surface area contributed by atoms with Gasteiger partial charge in [0, 0.05) is 50.6 Å². The highest BCUT2D eigenvalue weighted by atomic mass is 16.4. The Kier molecular flexibility index (Phi) is 10.5. The Balaban J connectivity index is 1.42. The monoisotopic (exact) mass is 570 g/mol. The van der Waals surface area contributed by atoms with Crippen LogP contribution in [0.5, 0.6) is 0 Å². The largest absolute Gasteiger partial charge is 0.424 e. The molecule has 0 aliphatic heterocycles. The number of aryl methyl sites for hydroxylation is 1. The summed E-state index contributed by atoms with van der Waals surface area (Å²) in [5.74, 6) is 0.448. The number of aromatic nitrogens is 3. The molecule has 220 valence electrons. The molecule has 0 saturated carbocycles. The van der Waals surface area contributed by atoms with Crippen LogP contribution in [0.4, 0.5) is 0 Å². The maximum Gasteiger partial charge on any atom is 0.254 e. The van der Waals surface area contributed by atoms with E-state index in [2.05, 4.69) is 45.7 Å². The van der Waals surface area contributed by atoms with E-state index >= 15 is 0 Å². The number of hydrogen-bond acceptors (Lipinski definition) is 8. The van der Waals surface area contributed by atoms with Gasteiger partial charge in [0.15, 0.2) is 0 Å². The van der Waals surface area contributed by atoms with Crippen LogP contribution in [-0.2, 0) is 19.5 Å². The van der Waals surface area contributed by atoms with Gasteiger partial charge in [-0.1, -0.05) is 56.3 Å². The zero-order chi connectivity index (χ0) is 30.1. The third kappa shape index (κ3) is 8.55. The van der Waals surface area contributed by atoms with E-state index in [1.54, 1.807) is 38.2 Å². The number of carbonyl (C=O) groups is 2. The van der Waals surface area contributed by atoms with Gasteiger partial charge in [0.2, 0.25) is 11.8 Å². The van der Waals surface area contributed by atoms with Crippen molar-refractivity contribution in [1.29, 1.82) is 0 Å². The number of nitrogens with zero attached hydrogens (tertiary/aromatic N) is 4. The number of amides is 2. The molecule has 0 radical (unpaired) electrons. The first kappa shape index (κ1) is 30.5. The SMILES string of the molecule is Cc1nnc(CN(C)C(=O)c2cccc(C(=O)N[C@@H](Cc3ccccc3)[C@H](O)CNCc3cncc(C(C)C)c3)c2)o1. The number of rotatable bonds is 13. The second kappa shape index (κ2) is 14.5. The molecule has 2 aromatic heterocycles. The molecule has 0 unspecified atom stereocenters. The van der Waals surface area contributed by atoms with Crippen molar-refractivity contribution in [2.45, 2.75) is 58.3 Å². The lowest BCUT2D eigenvalue weighted by atomic mass is 10.00. The van der Waals surface area contributed by atoms with Crippen LogP contribution in [-0.4, -0.2) is 62.7 Å². The van der Waals surface area contributed by atoms with Gasteiger partial charge < -0.3 is 25.1 Å². The summed E-state index contributed by atoms with van der Waals surface area (Å²) < 4.78 is 5.37. The fourth-order valence-corrected chi connectivity index (χ4v) is 4.52. The van der Waals surface area contributed by atoms with E-state index in [-0.39, 0.29) is 24.9 Å². The van der Waals surface area contributed by atoms with E-state index in [0.29, 0.717) is 41.8 Å². The summed E-state index contributed by atoms with van der Waals surface area (Å²) in [4.78, 5) is 32.2. The average Bonchev–Trinajstić information content (AvgIpc) is 3.41. The first-order valence-electron chi connectivity index (χ1n) is 14.0. The van der Waals surface area contributed by atoms with Crippen molar-refractivity contribution in [3.63, 3.8) is 0 Å². The molecule has 4 aromatic rings. The van der Waals surface area contributed by atoms with E-state index in [1.165, 1.54) is 4.90 Å². The normalized spacial score (nSPS) is 12.6. The first-order chi connectivity index (χ1) is 20.2. The summed E-state index contributed by atoms with van der Waals surface area (Å²) in [6.07, 6.45) is 3.24. The third-order valence-corrected chi connectivity index (χ3v) is 6.90. The van der Waals surface area contributed by atoms with Crippen LogP contribution in [0.2, 0.25) is 0 Å². The highest BCUT2D eigenvalue weighted by Gasteiger charge is 2.23. The van der Waals surface area contributed by atoms with Gasteiger partial charge in [0.25, 0.3) is 11.8 Å². The van der Waals surface area contributed by atoms with Crippen LogP contribution in [0.15, 0.2) is 77.5 Å². The van der Waals surface area contributed by atoms with Crippen molar-refractivity contribution in [2.75, 3.05) is 13.6 Å². The summed E-state index contributed by atoms with van der Waals surface area (Å²) >= 11 is 0. The molecule has 2 amide bonds. The summed E-state index contributed by atoms with van der Waals surface area (Å²) in [6, 6.07) is 17.7. The summed E-state index contributed by atoms with van der Waals surface area (Å²) in [7, 11) is 1.63. The molecule has 0 spiro atoms. The highest BCUT2D eigenvalue weighted by molar-refractivity contribution is 5.99. The molecule has 3 N–H and O–H groups in total. The molecule has 0 saturated heterocycles. The molecule has 0 aliphatic carbocycles. The molecule has 10 nitrogen and oxygen atoms in total. The Bertz CT molecular complexity index is 1470. The van der Waals surface area contributed by atoms with Crippen LogP contribution >= 0.6 is 0 Å². The predicted molar refractivity (Wildman–Crippen MR) is 159 cm³/mol. The average molecular weight is 571 g/mol. The molecular formula is C32H38N6O4. The fourth-order valence-electron chi connectivity index (χ4n) is 4.52. The molecule has 0 bridgehead atoms. The van der Waals surface area contributed by atoms with Gasteiger partial charge in [-0.3, -0.25) is 14.6 Å². The Morgan fingerprint density at radius 3 is 2.45 bits per heavy atom. The minimum Gasteiger partial charge on any atom is -0.424 e. The summed E-state index contributed by atoms with van der Waals surface area (Å²) in [5.41, 5.74) is 3.83. The third-order valence-electron chi connectivity index (χ3n) is 6.90. The Morgan fingerprint density at radius 2 is 1.74 bits per heavy atom. The summed E-state index contributed by atoms with van der Waals surface area (Å²) in [5, 5.41) is 25.2. The number of aliphatic hydroxyl groups is 1. The fraction of sp³-hybridized carbons (Fsp3) is 0.344. The lowest BCUT2D eigenvalue weighted by Crippen LogP contribution is -2.48. The number of carbonyl (C=O) groups excluding carboxylic acids is 2. The minimum absolute atomic E-state index is 0.145. The zero-order valence-electron chi connectivity index (χ0n) is 24.4. The maximum absolute atomic E-state index is 13.4. The quantitative estimate of drug-likeness (QED) is 0.222. The Labute approximate surface area is 246 Å². The standard InChI is InChI=1S/C32H38N6O4/c1-21(2)27-13-24(16-33-18-27)17-34-19-29(39)28(14-23-9-6-5-7-10-23)35-31(40)25-11-8-12-26(15-25)32(41)38(4)20-30-37-36-22(3)42-30/h5-13,15-16,18,21,28-29,34,39H,14,17,19-20H2,1-4H3,(H,35,40)/t28-,29+/m0/s1. The highest BCUT2D eigenvalue weighted by Crippen LogP contribution is 2.15. The lowest BCUT2D eigenvalue weighted by Gasteiger charge is -2.25. The Morgan fingerprint density at radius 1 is 0.976 bits per heavy atom. The minimum atomic E-state index is -0.871. The van der Waals surface area contributed by atoms with Gasteiger partial charge in [0.1, 0.15) is 0 Å². The molecular weight excluding hydrogens is 532 g/mol. The molecule has 0 aliphatic rings. The number of hydrogen-bond donors (Lipinski definition) is 3. The van der Waals surface area contributed by atoms with E-state index in [9.17, 15) is 14.7 Å². The molecule has 2 atom stereocenters. The molecule has 2 heterocycles. The maximum atomic E-state index is 13.4. The summed E-state index contributed by atoms with van der Waals surface area (Å²) in [6.45, 7) is 6.87. The number of nitrogens with one attached hydrogen (secondary N) is 2. The van der Waals surface area contributed by atoms with E-state index in [4.69, 9.17) is 4.42 Å². The van der Waals surface area contributed by atoms with Crippen molar-refractivity contribution in [3.05, 3.63) is 113 Å².